The predicted octanol–water partition coefficient (Wildman–Crippen LogP) is 5.30. The summed E-state index contributed by atoms with van der Waals surface area (Å²) in [5.41, 5.74) is 3.60. The molecule has 0 aliphatic carbocycles. The molecule has 0 aromatic heterocycles. The lowest BCUT2D eigenvalue weighted by Crippen LogP contribution is -1.98. The van der Waals surface area contributed by atoms with Crippen molar-refractivity contribution in [3.05, 3.63) is 77.4 Å². The van der Waals surface area contributed by atoms with Crippen LogP contribution in [0.4, 0.5) is 0 Å². The molecule has 0 spiro atoms. The Kier molecular flexibility index (Phi) is 6.49. The van der Waals surface area contributed by atoms with E-state index in [2.05, 4.69) is 50.3 Å². The van der Waals surface area contributed by atoms with E-state index < -0.39 is 0 Å². The van der Waals surface area contributed by atoms with Crippen molar-refractivity contribution < 1.29 is 9.47 Å². The van der Waals surface area contributed by atoms with E-state index >= 15 is 0 Å². The number of benzene rings is 2. The molecule has 0 fully saturated rings. The first-order valence-corrected chi connectivity index (χ1v) is 7.83. The smallest absolute Gasteiger partial charge is 0.126 e. The maximum Gasteiger partial charge on any atom is 0.126 e. The van der Waals surface area contributed by atoms with Crippen molar-refractivity contribution in [2.24, 2.45) is 0 Å². The van der Waals surface area contributed by atoms with Crippen molar-refractivity contribution in [3.63, 3.8) is 0 Å². The predicted molar refractivity (Wildman–Crippen MR) is 97.1 cm³/mol. The van der Waals surface area contributed by atoms with Gasteiger partial charge in [-0.3, -0.25) is 0 Å². The highest BCUT2D eigenvalue weighted by atomic mass is 16.5. The maximum atomic E-state index is 5.90. The Morgan fingerprint density at radius 3 is 2.52 bits per heavy atom. The van der Waals surface area contributed by atoms with Crippen LogP contribution in [0.15, 0.2) is 66.3 Å². The molecule has 2 heteroatoms. The van der Waals surface area contributed by atoms with Gasteiger partial charge < -0.3 is 9.47 Å². The summed E-state index contributed by atoms with van der Waals surface area (Å²) in [5.74, 6) is 1.69. The van der Waals surface area contributed by atoms with Gasteiger partial charge in [0.15, 0.2) is 0 Å². The minimum atomic E-state index is 0.574. The van der Waals surface area contributed by atoms with Crippen molar-refractivity contribution in [1.29, 1.82) is 0 Å². The Bertz CT molecular complexity index is 665. The maximum absolute atomic E-state index is 5.90. The zero-order valence-electron chi connectivity index (χ0n) is 14.1. The van der Waals surface area contributed by atoms with Crippen LogP contribution in [0.2, 0.25) is 0 Å². The minimum absolute atomic E-state index is 0.574. The van der Waals surface area contributed by atoms with E-state index in [9.17, 15) is 0 Å². The monoisotopic (exact) mass is 308 g/mol. The van der Waals surface area contributed by atoms with Crippen molar-refractivity contribution in [3.8, 4) is 11.5 Å². The standard InChI is InChI=1S/C21H24O2/c1-17(2)14-15-23-21-16-20(22-3)13-12-19(21)11-7-10-18-8-5-4-6-9-18/h4-10,12-14,16H,11,15H2,1-3H3/b10-7+. The Morgan fingerprint density at radius 2 is 1.83 bits per heavy atom. The molecule has 2 nitrogen and oxygen atoms in total. The van der Waals surface area contributed by atoms with Crippen LogP contribution in [0, 0.1) is 0 Å². The zero-order chi connectivity index (χ0) is 16.5. The number of hydrogen-bond acceptors (Lipinski definition) is 2. The Hall–Kier alpha value is -2.48. The molecule has 0 heterocycles. The third kappa shape index (κ3) is 5.67. The van der Waals surface area contributed by atoms with Gasteiger partial charge in [0.1, 0.15) is 18.1 Å². The second-order valence-corrected chi connectivity index (χ2v) is 5.58. The van der Waals surface area contributed by atoms with Crippen molar-refractivity contribution in [1.82, 2.24) is 0 Å². The first-order valence-electron chi connectivity index (χ1n) is 7.83. The molecule has 2 aromatic rings. The molecule has 0 aliphatic heterocycles. The average Bonchev–Trinajstić information content (AvgIpc) is 2.56. The molecule has 0 bridgehead atoms. The third-order valence-electron chi connectivity index (χ3n) is 3.45. The van der Waals surface area contributed by atoms with Crippen LogP contribution in [-0.2, 0) is 6.42 Å². The van der Waals surface area contributed by atoms with E-state index in [4.69, 9.17) is 9.47 Å². The lowest BCUT2D eigenvalue weighted by atomic mass is 10.1. The van der Waals surface area contributed by atoms with Crippen molar-refractivity contribution in [2.45, 2.75) is 20.3 Å². The second-order valence-electron chi connectivity index (χ2n) is 5.58. The molecule has 0 N–H and O–H groups in total. The highest BCUT2D eigenvalue weighted by molar-refractivity contribution is 5.50. The highest BCUT2D eigenvalue weighted by Crippen LogP contribution is 2.26. The first-order chi connectivity index (χ1) is 11.2. The molecule has 0 saturated heterocycles. The number of allylic oxidation sites excluding steroid dienone is 2. The zero-order valence-corrected chi connectivity index (χ0v) is 14.1. The van der Waals surface area contributed by atoms with Crippen LogP contribution < -0.4 is 9.47 Å². The molecule has 0 aliphatic rings. The lowest BCUT2D eigenvalue weighted by molar-refractivity contribution is 0.353. The van der Waals surface area contributed by atoms with Gasteiger partial charge in [-0.25, -0.2) is 0 Å². The van der Waals surface area contributed by atoms with E-state index in [0.29, 0.717) is 6.61 Å². The van der Waals surface area contributed by atoms with Crippen molar-refractivity contribution >= 4 is 6.08 Å². The van der Waals surface area contributed by atoms with Crippen LogP contribution in [0.25, 0.3) is 6.08 Å². The van der Waals surface area contributed by atoms with Gasteiger partial charge in [-0.15, -0.1) is 0 Å². The average molecular weight is 308 g/mol. The van der Waals surface area contributed by atoms with Crippen LogP contribution in [0.5, 0.6) is 11.5 Å². The highest BCUT2D eigenvalue weighted by Gasteiger charge is 2.04. The van der Waals surface area contributed by atoms with Gasteiger partial charge in [-0.05, 0) is 43.5 Å². The van der Waals surface area contributed by atoms with Crippen LogP contribution >= 0.6 is 0 Å². The Morgan fingerprint density at radius 1 is 1.04 bits per heavy atom. The number of methoxy groups -OCH3 is 1. The van der Waals surface area contributed by atoms with Crippen LogP contribution in [0.3, 0.4) is 0 Å². The SMILES string of the molecule is COc1ccc(C/C=C/c2ccccc2)c(OCC=C(C)C)c1. The van der Waals surface area contributed by atoms with E-state index in [1.807, 2.05) is 30.3 Å². The normalized spacial score (nSPS) is 10.6. The van der Waals surface area contributed by atoms with Crippen molar-refractivity contribution in [2.75, 3.05) is 13.7 Å². The molecular weight excluding hydrogens is 284 g/mol. The van der Waals surface area contributed by atoms with Gasteiger partial charge in [0.25, 0.3) is 0 Å². The fraction of sp³-hybridized carbons (Fsp3) is 0.238. The second kappa shape index (κ2) is 8.84. The third-order valence-corrected chi connectivity index (χ3v) is 3.45. The minimum Gasteiger partial charge on any atom is -0.497 e. The quantitative estimate of drug-likeness (QED) is 0.646. The number of ether oxygens (including phenoxy) is 2. The summed E-state index contributed by atoms with van der Waals surface area (Å²) in [5, 5.41) is 0. The van der Waals surface area contributed by atoms with Crippen LogP contribution in [0.1, 0.15) is 25.0 Å². The molecule has 120 valence electrons. The van der Waals surface area contributed by atoms with Crippen LogP contribution in [-0.4, -0.2) is 13.7 Å². The van der Waals surface area contributed by atoms with Gasteiger partial charge in [-0.2, -0.15) is 0 Å². The molecule has 23 heavy (non-hydrogen) atoms. The Labute approximate surface area is 139 Å². The molecule has 0 atom stereocenters. The summed E-state index contributed by atoms with van der Waals surface area (Å²) in [6.07, 6.45) is 7.18. The van der Waals surface area contributed by atoms with E-state index in [1.165, 1.54) is 11.1 Å². The Balaban J connectivity index is 2.10. The molecule has 2 aromatic carbocycles. The first kappa shape index (κ1) is 16.9. The summed E-state index contributed by atoms with van der Waals surface area (Å²) in [6, 6.07) is 16.3. The molecular formula is C21H24O2. The summed E-state index contributed by atoms with van der Waals surface area (Å²) >= 11 is 0. The molecule has 0 amide bonds. The fourth-order valence-electron chi connectivity index (χ4n) is 2.15. The number of hydrogen-bond donors (Lipinski definition) is 0. The van der Waals surface area contributed by atoms with Gasteiger partial charge in [-0.1, -0.05) is 54.1 Å². The van der Waals surface area contributed by atoms with Gasteiger partial charge in [0.05, 0.1) is 7.11 Å². The fourth-order valence-corrected chi connectivity index (χ4v) is 2.15. The summed E-state index contributed by atoms with van der Waals surface area (Å²) in [6.45, 7) is 4.71. The van der Waals surface area contributed by atoms with Gasteiger partial charge >= 0.3 is 0 Å². The van der Waals surface area contributed by atoms with Gasteiger partial charge in [0.2, 0.25) is 0 Å². The summed E-state index contributed by atoms with van der Waals surface area (Å²) in [4.78, 5) is 0. The molecule has 0 radical (unpaired) electrons. The van der Waals surface area contributed by atoms with E-state index in [1.54, 1.807) is 7.11 Å². The summed E-state index contributed by atoms with van der Waals surface area (Å²) < 4.78 is 11.2. The van der Waals surface area contributed by atoms with Gasteiger partial charge in [0, 0.05) is 6.07 Å². The molecule has 0 saturated carbocycles. The topological polar surface area (TPSA) is 18.5 Å². The molecule has 0 unspecified atom stereocenters. The van der Waals surface area contributed by atoms with E-state index in [-0.39, 0.29) is 0 Å². The summed E-state index contributed by atoms with van der Waals surface area (Å²) in [7, 11) is 1.67. The lowest BCUT2D eigenvalue weighted by Gasteiger charge is -2.11. The molecule has 2 rings (SSSR count). The largest absolute Gasteiger partial charge is 0.497 e. The van der Waals surface area contributed by atoms with E-state index in [0.717, 1.165) is 23.5 Å². The number of rotatable bonds is 7.